The number of thiazole rings is 1. The number of aromatic nitrogens is 1. The van der Waals surface area contributed by atoms with Gasteiger partial charge in [-0.3, -0.25) is 10.2 Å². The quantitative estimate of drug-likeness (QED) is 0.792. The molecule has 3 rings (SSSR count). The molecule has 1 aliphatic heterocycles. The Hall–Kier alpha value is -2.45. The van der Waals surface area contributed by atoms with E-state index in [1.807, 2.05) is 26.0 Å². The van der Waals surface area contributed by atoms with E-state index >= 15 is 0 Å². The van der Waals surface area contributed by atoms with Crippen LogP contribution in [0.4, 0.5) is 4.79 Å². The van der Waals surface area contributed by atoms with Crippen molar-refractivity contribution >= 4 is 23.3 Å². The van der Waals surface area contributed by atoms with Gasteiger partial charge in [0.15, 0.2) is 0 Å². The van der Waals surface area contributed by atoms with Gasteiger partial charge < -0.3 is 9.64 Å². The molecule has 1 saturated heterocycles. The predicted molar refractivity (Wildman–Crippen MR) is 105 cm³/mol. The summed E-state index contributed by atoms with van der Waals surface area (Å²) in [6.07, 6.45) is 0.914. The lowest BCUT2D eigenvalue weighted by Gasteiger charge is -2.35. The lowest BCUT2D eigenvalue weighted by Crippen LogP contribution is -2.55. The highest BCUT2D eigenvalue weighted by Gasteiger charge is 2.26. The third-order valence-corrected chi connectivity index (χ3v) is 5.23. The number of nitrogens with zero attached hydrogens (tertiary/aromatic N) is 2. The topological polar surface area (TPSA) is 83.6 Å². The van der Waals surface area contributed by atoms with Gasteiger partial charge in [-0.2, -0.15) is 0 Å². The smallest absolute Gasteiger partial charge is 0.336 e. The zero-order valence-electron chi connectivity index (χ0n) is 15.7. The normalized spacial score (nSPS) is 19.6. The molecule has 0 aliphatic carbocycles. The molecular weight excluding hydrogens is 364 g/mol. The number of urea groups is 1. The van der Waals surface area contributed by atoms with Crippen LogP contribution in [0.3, 0.4) is 0 Å². The Morgan fingerprint density at radius 1 is 1.19 bits per heavy atom. The maximum atomic E-state index is 12.3. The molecule has 0 radical (unpaired) electrons. The number of rotatable bonds is 3. The highest BCUT2D eigenvalue weighted by Crippen LogP contribution is 2.24. The molecule has 2 aromatic rings. The number of aryl methyl sites for hydroxylation is 1. The third kappa shape index (κ3) is 4.84. The van der Waals surface area contributed by atoms with E-state index in [1.54, 1.807) is 10.3 Å². The van der Waals surface area contributed by atoms with Gasteiger partial charge in [0, 0.05) is 24.0 Å². The number of carbonyl (C=O) groups excluding carboxylic acids is 2. The highest BCUT2D eigenvalue weighted by atomic mass is 32.1. The van der Waals surface area contributed by atoms with Crippen LogP contribution in [0.15, 0.2) is 29.6 Å². The Kier molecular flexibility index (Phi) is 6.08. The molecular formula is C19H24N4O3S. The fourth-order valence-corrected chi connectivity index (χ4v) is 3.80. The number of hydrogen-bond donors (Lipinski definition) is 2. The first-order chi connectivity index (χ1) is 13.0. The van der Waals surface area contributed by atoms with Crippen LogP contribution in [0.2, 0.25) is 0 Å². The minimum absolute atomic E-state index is 0.0320. The maximum Gasteiger partial charge on any atom is 0.336 e. The Bertz CT molecular complexity index is 796. The molecule has 1 aromatic carbocycles. The molecule has 7 nitrogen and oxygen atoms in total. The van der Waals surface area contributed by atoms with Gasteiger partial charge in [-0.25, -0.2) is 15.2 Å². The number of nitrogens with one attached hydrogen (secondary N) is 2. The molecule has 0 spiro atoms. The third-order valence-electron chi connectivity index (χ3n) is 4.34. The molecule has 0 bridgehead atoms. The van der Waals surface area contributed by atoms with Crippen LogP contribution >= 0.6 is 11.3 Å². The van der Waals surface area contributed by atoms with Crippen molar-refractivity contribution in [2.24, 2.45) is 0 Å². The summed E-state index contributed by atoms with van der Waals surface area (Å²) in [5.74, 6) is -0.439. The number of carbonyl (C=O) groups is 2. The summed E-state index contributed by atoms with van der Waals surface area (Å²) >= 11 is 1.40. The van der Waals surface area contributed by atoms with Crippen molar-refractivity contribution in [2.75, 3.05) is 13.1 Å². The number of amides is 3. The molecule has 2 heterocycles. The van der Waals surface area contributed by atoms with Gasteiger partial charge in [-0.15, -0.1) is 11.3 Å². The standard InChI is InChI=1S/C19H24N4O3S/c1-4-14-5-7-15(8-6-14)18-20-16(11-27-18)17(24)21-22-19(25)23-9-12(2)26-13(3)10-23/h5-8,11-13H,4,9-10H2,1-3H3,(H,21,24)(H,22,25)/t12-,13-/m0/s1. The van der Waals surface area contributed by atoms with Crippen molar-refractivity contribution in [3.05, 3.63) is 40.9 Å². The van der Waals surface area contributed by atoms with Gasteiger partial charge in [-0.1, -0.05) is 31.2 Å². The molecule has 27 heavy (non-hydrogen) atoms. The number of hydrazine groups is 1. The summed E-state index contributed by atoms with van der Waals surface area (Å²) < 4.78 is 5.60. The second-order valence-corrected chi connectivity index (χ2v) is 7.49. The van der Waals surface area contributed by atoms with Gasteiger partial charge in [0.25, 0.3) is 5.91 Å². The fourth-order valence-electron chi connectivity index (χ4n) is 2.99. The van der Waals surface area contributed by atoms with Crippen molar-refractivity contribution in [1.82, 2.24) is 20.7 Å². The van der Waals surface area contributed by atoms with Crippen LogP contribution in [-0.2, 0) is 11.2 Å². The average molecular weight is 388 g/mol. The summed E-state index contributed by atoms with van der Waals surface area (Å²) in [7, 11) is 0. The Balaban J connectivity index is 1.57. The van der Waals surface area contributed by atoms with E-state index in [0.717, 1.165) is 17.0 Å². The SMILES string of the molecule is CCc1ccc(-c2nc(C(=O)NNC(=O)N3C[C@H](C)O[C@@H](C)C3)cs2)cc1. The molecule has 8 heteroatoms. The zero-order valence-corrected chi connectivity index (χ0v) is 16.5. The van der Waals surface area contributed by atoms with Crippen LogP contribution < -0.4 is 10.9 Å². The Morgan fingerprint density at radius 2 is 1.85 bits per heavy atom. The van der Waals surface area contributed by atoms with E-state index in [1.165, 1.54) is 16.9 Å². The molecule has 0 unspecified atom stereocenters. The first-order valence-electron chi connectivity index (χ1n) is 9.01. The first kappa shape index (κ1) is 19.3. The summed E-state index contributed by atoms with van der Waals surface area (Å²) in [6.45, 7) is 6.91. The largest absolute Gasteiger partial charge is 0.372 e. The molecule has 2 N–H and O–H groups in total. The first-order valence-corrected chi connectivity index (χ1v) is 9.89. The summed E-state index contributed by atoms with van der Waals surface area (Å²) in [4.78, 5) is 30.5. The van der Waals surface area contributed by atoms with Crippen molar-refractivity contribution in [1.29, 1.82) is 0 Å². The van der Waals surface area contributed by atoms with Crippen molar-refractivity contribution < 1.29 is 14.3 Å². The van der Waals surface area contributed by atoms with Crippen LogP contribution in [-0.4, -0.2) is 47.1 Å². The maximum absolute atomic E-state index is 12.3. The Labute approximate surface area is 162 Å². The fraction of sp³-hybridized carbons (Fsp3) is 0.421. The monoisotopic (exact) mass is 388 g/mol. The molecule has 2 atom stereocenters. The van der Waals surface area contributed by atoms with E-state index in [0.29, 0.717) is 13.1 Å². The Morgan fingerprint density at radius 3 is 2.48 bits per heavy atom. The number of hydrogen-bond acceptors (Lipinski definition) is 5. The van der Waals surface area contributed by atoms with Gasteiger partial charge in [0.1, 0.15) is 10.7 Å². The second-order valence-electron chi connectivity index (χ2n) is 6.63. The van der Waals surface area contributed by atoms with E-state index in [-0.39, 0.29) is 23.9 Å². The van der Waals surface area contributed by atoms with E-state index in [9.17, 15) is 9.59 Å². The van der Waals surface area contributed by atoms with E-state index < -0.39 is 5.91 Å². The second kappa shape index (κ2) is 8.49. The molecule has 1 aromatic heterocycles. The molecule has 3 amide bonds. The minimum Gasteiger partial charge on any atom is -0.372 e. The van der Waals surface area contributed by atoms with Gasteiger partial charge in [-0.05, 0) is 25.8 Å². The summed E-state index contributed by atoms with van der Waals surface area (Å²) in [5.41, 5.74) is 7.38. The molecule has 0 saturated carbocycles. The predicted octanol–water partition coefficient (Wildman–Crippen LogP) is 2.84. The molecule has 1 fully saturated rings. The molecule has 144 valence electrons. The van der Waals surface area contributed by atoms with Crippen LogP contribution in [0.25, 0.3) is 10.6 Å². The zero-order chi connectivity index (χ0) is 19.4. The lowest BCUT2D eigenvalue weighted by molar-refractivity contribution is -0.0547. The van der Waals surface area contributed by atoms with Crippen molar-refractivity contribution in [3.63, 3.8) is 0 Å². The van der Waals surface area contributed by atoms with Crippen molar-refractivity contribution in [2.45, 2.75) is 39.4 Å². The van der Waals surface area contributed by atoms with E-state index in [2.05, 4.69) is 34.9 Å². The van der Waals surface area contributed by atoms with Crippen LogP contribution in [0.1, 0.15) is 36.8 Å². The van der Waals surface area contributed by atoms with Crippen LogP contribution in [0.5, 0.6) is 0 Å². The van der Waals surface area contributed by atoms with E-state index in [4.69, 9.17) is 4.74 Å². The number of morpholine rings is 1. The summed E-state index contributed by atoms with van der Waals surface area (Å²) in [6, 6.07) is 7.77. The van der Waals surface area contributed by atoms with Crippen LogP contribution in [0, 0.1) is 0 Å². The number of ether oxygens (including phenoxy) is 1. The highest BCUT2D eigenvalue weighted by molar-refractivity contribution is 7.13. The molecule has 1 aliphatic rings. The van der Waals surface area contributed by atoms with Gasteiger partial charge in [0.2, 0.25) is 0 Å². The minimum atomic E-state index is -0.439. The number of benzene rings is 1. The van der Waals surface area contributed by atoms with Gasteiger partial charge in [0.05, 0.1) is 12.2 Å². The van der Waals surface area contributed by atoms with Gasteiger partial charge >= 0.3 is 6.03 Å². The summed E-state index contributed by atoms with van der Waals surface area (Å²) in [5, 5.41) is 2.45. The van der Waals surface area contributed by atoms with Crippen molar-refractivity contribution in [3.8, 4) is 10.6 Å². The average Bonchev–Trinajstić information content (AvgIpc) is 3.15. The lowest BCUT2D eigenvalue weighted by atomic mass is 10.1.